The third-order valence-corrected chi connectivity index (χ3v) is 6.51. The third-order valence-electron chi connectivity index (χ3n) is 4.61. The maximum absolute atomic E-state index is 14.3. The average Bonchev–Trinajstić information content (AvgIpc) is 2.69. The molecule has 0 aromatic heterocycles. The van der Waals surface area contributed by atoms with E-state index in [9.17, 15) is 22.4 Å². The Labute approximate surface area is 164 Å². The van der Waals surface area contributed by atoms with Crippen LogP contribution in [0.2, 0.25) is 0 Å². The number of carbonyl (C=O) groups excluding carboxylic acids is 2. The van der Waals surface area contributed by atoms with Gasteiger partial charge in [0.15, 0.2) is 0 Å². The molecule has 8 nitrogen and oxygen atoms in total. The van der Waals surface area contributed by atoms with Crippen LogP contribution in [0.15, 0.2) is 23.1 Å². The fraction of sp³-hybridized carbons (Fsp3) is 0.556. The highest BCUT2D eigenvalue weighted by atomic mass is 32.2. The van der Waals surface area contributed by atoms with Crippen molar-refractivity contribution in [1.82, 2.24) is 14.1 Å². The summed E-state index contributed by atoms with van der Waals surface area (Å²) in [6.45, 7) is 5.37. The highest BCUT2D eigenvalue weighted by Gasteiger charge is 2.29. The maximum atomic E-state index is 14.3. The number of rotatable bonds is 7. The van der Waals surface area contributed by atoms with Gasteiger partial charge in [-0.1, -0.05) is 0 Å². The van der Waals surface area contributed by atoms with E-state index in [0.29, 0.717) is 13.1 Å². The molecule has 0 aliphatic carbocycles. The molecule has 0 unspecified atom stereocenters. The summed E-state index contributed by atoms with van der Waals surface area (Å²) in [5, 5.41) is 0. The van der Waals surface area contributed by atoms with E-state index in [1.807, 2.05) is 13.8 Å². The molecule has 0 atom stereocenters. The smallest absolute Gasteiger partial charge is 0.257 e. The van der Waals surface area contributed by atoms with Gasteiger partial charge in [0, 0.05) is 33.2 Å². The van der Waals surface area contributed by atoms with Crippen LogP contribution in [0.25, 0.3) is 0 Å². The maximum Gasteiger partial charge on any atom is 0.257 e. The molecule has 1 fully saturated rings. The molecule has 1 aromatic rings. The van der Waals surface area contributed by atoms with Gasteiger partial charge < -0.3 is 14.5 Å². The van der Waals surface area contributed by atoms with Gasteiger partial charge in [-0.2, -0.15) is 4.31 Å². The number of hydrogen-bond acceptors (Lipinski definition) is 5. The first-order chi connectivity index (χ1) is 13.2. The predicted octanol–water partition coefficient (Wildman–Crippen LogP) is 0.787. The first-order valence-electron chi connectivity index (χ1n) is 9.13. The van der Waals surface area contributed by atoms with Crippen LogP contribution in [0.1, 0.15) is 24.2 Å². The summed E-state index contributed by atoms with van der Waals surface area (Å²) >= 11 is 0. The lowest BCUT2D eigenvalue weighted by Crippen LogP contribution is -2.41. The molecule has 1 aromatic carbocycles. The van der Waals surface area contributed by atoms with Crippen LogP contribution in [0, 0.1) is 5.82 Å². The second kappa shape index (κ2) is 9.44. The number of amides is 2. The van der Waals surface area contributed by atoms with Crippen molar-refractivity contribution in [3.05, 3.63) is 29.6 Å². The van der Waals surface area contributed by atoms with E-state index in [2.05, 4.69) is 0 Å². The zero-order valence-electron chi connectivity index (χ0n) is 16.4. The third kappa shape index (κ3) is 4.86. The molecular formula is C18H26FN3O5S. The molecule has 0 saturated carbocycles. The predicted molar refractivity (Wildman–Crippen MR) is 101 cm³/mol. The van der Waals surface area contributed by atoms with Crippen molar-refractivity contribution in [2.24, 2.45) is 0 Å². The summed E-state index contributed by atoms with van der Waals surface area (Å²) in [6, 6.07) is 3.12. The lowest BCUT2D eigenvalue weighted by molar-refractivity contribution is -0.131. The van der Waals surface area contributed by atoms with Gasteiger partial charge in [0.05, 0.1) is 30.2 Å². The molecule has 1 heterocycles. The van der Waals surface area contributed by atoms with Crippen LogP contribution >= 0.6 is 0 Å². The number of benzene rings is 1. The number of likely N-dealkylation sites (N-methyl/N-ethyl adjacent to an activating group) is 2. The van der Waals surface area contributed by atoms with Crippen molar-refractivity contribution in [2.45, 2.75) is 18.7 Å². The Hall–Kier alpha value is -2.04. The number of nitrogens with zero attached hydrogens (tertiary/aromatic N) is 3. The Morgan fingerprint density at radius 3 is 2.36 bits per heavy atom. The molecule has 0 radical (unpaired) electrons. The molecule has 0 N–H and O–H groups in total. The van der Waals surface area contributed by atoms with Crippen LogP contribution < -0.4 is 0 Å². The number of halogens is 1. The molecule has 2 rings (SSSR count). The lowest BCUT2D eigenvalue weighted by Gasteiger charge is -2.26. The number of sulfonamides is 1. The van der Waals surface area contributed by atoms with Crippen LogP contribution in [0.3, 0.4) is 0 Å². The van der Waals surface area contributed by atoms with E-state index >= 15 is 0 Å². The van der Waals surface area contributed by atoms with Gasteiger partial charge in [-0.25, -0.2) is 12.8 Å². The number of carbonyl (C=O) groups is 2. The first kappa shape index (κ1) is 22.3. The molecule has 2 amide bonds. The quantitative estimate of drug-likeness (QED) is 0.657. The van der Waals surface area contributed by atoms with Crippen molar-refractivity contribution in [3.8, 4) is 0 Å². The fourth-order valence-electron chi connectivity index (χ4n) is 2.92. The summed E-state index contributed by atoms with van der Waals surface area (Å²) in [5.74, 6) is -1.86. The minimum Gasteiger partial charge on any atom is -0.379 e. The molecule has 1 aliphatic heterocycles. The Balaban J connectivity index is 2.24. The number of hydrogen-bond donors (Lipinski definition) is 0. The Bertz CT molecular complexity index is 821. The van der Waals surface area contributed by atoms with E-state index < -0.39 is 21.7 Å². The number of morpholine rings is 1. The van der Waals surface area contributed by atoms with Gasteiger partial charge in [-0.3, -0.25) is 9.59 Å². The summed E-state index contributed by atoms with van der Waals surface area (Å²) < 4.78 is 46.2. The number of ether oxygens (including phenoxy) is 1. The Kier molecular flexibility index (Phi) is 7.50. The lowest BCUT2D eigenvalue weighted by atomic mass is 10.2. The second-order valence-corrected chi connectivity index (χ2v) is 8.32. The molecule has 0 bridgehead atoms. The minimum atomic E-state index is -3.86. The summed E-state index contributed by atoms with van der Waals surface area (Å²) in [7, 11) is -2.48. The molecule has 156 valence electrons. The van der Waals surface area contributed by atoms with E-state index in [4.69, 9.17) is 4.74 Å². The fourth-order valence-corrected chi connectivity index (χ4v) is 4.36. The minimum absolute atomic E-state index is 0.164. The first-order valence-corrected chi connectivity index (χ1v) is 10.6. The van der Waals surface area contributed by atoms with E-state index in [1.165, 1.54) is 11.4 Å². The monoisotopic (exact) mass is 415 g/mol. The van der Waals surface area contributed by atoms with Crippen molar-refractivity contribution < 1.29 is 27.1 Å². The molecule has 1 aliphatic rings. The van der Waals surface area contributed by atoms with E-state index in [0.717, 1.165) is 23.1 Å². The standard InChI is InChI=1S/C18H26FN3O5S/c1-4-21(5-2)17(23)13-20(3)18(24)15-12-14(6-7-16(15)19)28(25,26)22-8-10-27-11-9-22/h6-7,12H,4-5,8-11,13H2,1-3H3. The molecular weight excluding hydrogens is 389 g/mol. The topological polar surface area (TPSA) is 87.2 Å². The summed E-state index contributed by atoms with van der Waals surface area (Å²) in [4.78, 5) is 27.3. The second-order valence-electron chi connectivity index (χ2n) is 6.39. The highest BCUT2D eigenvalue weighted by molar-refractivity contribution is 7.89. The molecule has 10 heteroatoms. The zero-order valence-corrected chi connectivity index (χ0v) is 17.2. The normalized spacial score (nSPS) is 15.3. The van der Waals surface area contributed by atoms with Gasteiger partial charge in [-0.05, 0) is 32.0 Å². The van der Waals surface area contributed by atoms with E-state index in [1.54, 1.807) is 4.90 Å². The van der Waals surface area contributed by atoms with Crippen LogP contribution in [-0.2, 0) is 19.6 Å². The average molecular weight is 415 g/mol. The summed E-state index contributed by atoms with van der Waals surface area (Å²) in [5.41, 5.74) is -0.385. The summed E-state index contributed by atoms with van der Waals surface area (Å²) in [6.07, 6.45) is 0. The van der Waals surface area contributed by atoms with Crippen molar-refractivity contribution in [2.75, 3.05) is 53.0 Å². The van der Waals surface area contributed by atoms with Gasteiger partial charge in [0.25, 0.3) is 5.91 Å². The molecule has 0 spiro atoms. The van der Waals surface area contributed by atoms with Gasteiger partial charge in [-0.15, -0.1) is 0 Å². The van der Waals surface area contributed by atoms with Gasteiger partial charge >= 0.3 is 0 Å². The van der Waals surface area contributed by atoms with Crippen molar-refractivity contribution in [3.63, 3.8) is 0 Å². The van der Waals surface area contributed by atoms with Crippen LogP contribution in [-0.4, -0.2) is 87.3 Å². The molecule has 1 saturated heterocycles. The highest BCUT2D eigenvalue weighted by Crippen LogP contribution is 2.21. The van der Waals surface area contributed by atoms with Crippen LogP contribution in [0.5, 0.6) is 0 Å². The van der Waals surface area contributed by atoms with Gasteiger partial charge in [0.1, 0.15) is 5.82 Å². The largest absolute Gasteiger partial charge is 0.379 e. The zero-order chi connectivity index (χ0) is 20.9. The van der Waals surface area contributed by atoms with Crippen molar-refractivity contribution >= 4 is 21.8 Å². The van der Waals surface area contributed by atoms with Crippen molar-refractivity contribution in [1.29, 1.82) is 0 Å². The van der Waals surface area contributed by atoms with Crippen LogP contribution in [0.4, 0.5) is 4.39 Å². The van der Waals surface area contributed by atoms with Gasteiger partial charge in [0.2, 0.25) is 15.9 Å². The Morgan fingerprint density at radius 1 is 1.18 bits per heavy atom. The SMILES string of the molecule is CCN(CC)C(=O)CN(C)C(=O)c1cc(S(=O)(=O)N2CCOCC2)ccc1F. The van der Waals surface area contributed by atoms with E-state index in [-0.39, 0.29) is 49.2 Å². The Morgan fingerprint density at radius 2 is 1.79 bits per heavy atom. The molecule has 28 heavy (non-hydrogen) atoms.